The average Bonchev–Trinajstić information content (AvgIpc) is 2.80. The summed E-state index contributed by atoms with van der Waals surface area (Å²) < 4.78 is 19.0. The van der Waals surface area contributed by atoms with E-state index in [4.69, 9.17) is 10.5 Å². The zero-order valence-electron chi connectivity index (χ0n) is 10.1. The van der Waals surface area contributed by atoms with Gasteiger partial charge in [0.2, 0.25) is 5.82 Å². The first-order valence-electron chi connectivity index (χ1n) is 6.16. The van der Waals surface area contributed by atoms with E-state index in [1.54, 1.807) is 0 Å². The van der Waals surface area contributed by atoms with E-state index < -0.39 is 16.4 Å². The second kappa shape index (κ2) is 4.43. The molecule has 1 saturated heterocycles. The summed E-state index contributed by atoms with van der Waals surface area (Å²) in [6.07, 6.45) is 0.882. The first kappa shape index (κ1) is 12.3. The second-order valence-electron chi connectivity index (χ2n) is 4.93. The van der Waals surface area contributed by atoms with Gasteiger partial charge < -0.3 is 15.8 Å². The largest absolute Gasteiger partial charge is 0.376 e. The van der Waals surface area contributed by atoms with Crippen molar-refractivity contribution in [3.8, 4) is 0 Å². The highest BCUT2D eigenvalue weighted by Gasteiger charge is 2.52. The van der Waals surface area contributed by atoms with Crippen molar-refractivity contribution < 1.29 is 14.1 Å². The molecule has 0 aromatic heterocycles. The first-order valence-corrected chi connectivity index (χ1v) is 6.16. The Labute approximate surface area is 108 Å². The van der Waals surface area contributed by atoms with Gasteiger partial charge >= 0.3 is 5.69 Å². The molecule has 1 heterocycles. The fraction of sp³-hybridized carbons (Fsp3) is 0.500. The summed E-state index contributed by atoms with van der Waals surface area (Å²) in [5.41, 5.74) is 5.62. The Morgan fingerprint density at radius 3 is 3.05 bits per heavy atom. The number of nitrogens with two attached hydrogens (primary N) is 1. The molecular weight excluding hydrogens is 253 g/mol. The summed E-state index contributed by atoms with van der Waals surface area (Å²) in [5.74, 6) is -0.558. The Balaban J connectivity index is 1.84. The topological polar surface area (TPSA) is 90.4 Å². The van der Waals surface area contributed by atoms with Gasteiger partial charge in [-0.2, -0.15) is 4.39 Å². The molecule has 3 N–H and O–H groups in total. The third-order valence-corrected chi connectivity index (χ3v) is 3.94. The molecule has 0 radical (unpaired) electrons. The number of benzene rings is 1. The number of hydrogen-bond acceptors (Lipinski definition) is 5. The summed E-state index contributed by atoms with van der Waals surface area (Å²) in [5, 5.41) is 13.9. The molecule has 1 aromatic rings. The fourth-order valence-electron chi connectivity index (χ4n) is 2.92. The molecule has 4 atom stereocenters. The molecule has 2 fully saturated rings. The molecule has 6 nitrogen and oxygen atoms in total. The summed E-state index contributed by atoms with van der Waals surface area (Å²) in [6.45, 7) is 0.659. The van der Waals surface area contributed by atoms with Crippen molar-refractivity contribution in [2.24, 2.45) is 11.7 Å². The molecule has 2 aliphatic rings. The van der Waals surface area contributed by atoms with Crippen LogP contribution in [0.15, 0.2) is 18.2 Å². The van der Waals surface area contributed by atoms with E-state index in [1.807, 2.05) is 0 Å². The number of fused-ring (bicyclic) bond motifs is 1. The Hall–Kier alpha value is -1.73. The molecule has 1 saturated carbocycles. The lowest BCUT2D eigenvalue weighted by Gasteiger charge is -2.46. The van der Waals surface area contributed by atoms with E-state index in [-0.39, 0.29) is 23.9 Å². The summed E-state index contributed by atoms with van der Waals surface area (Å²) >= 11 is 0. The molecular formula is C12H14FN3O3. The predicted octanol–water partition coefficient (Wildman–Crippen LogP) is 1.26. The third-order valence-electron chi connectivity index (χ3n) is 3.94. The maximum absolute atomic E-state index is 13.5. The lowest BCUT2D eigenvalue weighted by molar-refractivity contribution is -0.386. The van der Waals surface area contributed by atoms with Gasteiger partial charge in [-0.25, -0.2) is 0 Å². The van der Waals surface area contributed by atoms with Gasteiger partial charge in [0.1, 0.15) is 5.69 Å². The number of rotatable bonds is 3. The van der Waals surface area contributed by atoms with Gasteiger partial charge in [-0.15, -0.1) is 0 Å². The molecule has 0 spiro atoms. The number of halogens is 1. The van der Waals surface area contributed by atoms with Crippen LogP contribution >= 0.6 is 0 Å². The van der Waals surface area contributed by atoms with Crippen LogP contribution in [0.4, 0.5) is 15.8 Å². The van der Waals surface area contributed by atoms with Crippen molar-refractivity contribution in [2.75, 3.05) is 11.9 Å². The number of ether oxygens (including phenoxy) is 1. The number of nitro benzene ring substituents is 1. The number of nitrogens with one attached hydrogen (secondary N) is 1. The van der Waals surface area contributed by atoms with Crippen molar-refractivity contribution >= 4 is 11.4 Å². The van der Waals surface area contributed by atoms with Crippen LogP contribution in [0.5, 0.6) is 0 Å². The molecule has 1 aromatic carbocycles. The van der Waals surface area contributed by atoms with Crippen LogP contribution in [0.1, 0.15) is 6.42 Å². The lowest BCUT2D eigenvalue weighted by atomic mass is 9.72. The van der Waals surface area contributed by atoms with Gasteiger partial charge in [-0.3, -0.25) is 10.1 Å². The van der Waals surface area contributed by atoms with Crippen LogP contribution < -0.4 is 11.1 Å². The predicted molar refractivity (Wildman–Crippen MR) is 66.3 cm³/mol. The van der Waals surface area contributed by atoms with Crippen LogP contribution in [0.2, 0.25) is 0 Å². The highest BCUT2D eigenvalue weighted by Crippen LogP contribution is 2.40. The molecule has 7 heteroatoms. The van der Waals surface area contributed by atoms with Crippen molar-refractivity contribution in [2.45, 2.75) is 24.6 Å². The Morgan fingerprint density at radius 1 is 1.53 bits per heavy atom. The third kappa shape index (κ3) is 1.85. The van der Waals surface area contributed by atoms with E-state index in [1.165, 1.54) is 12.1 Å². The Kier molecular flexibility index (Phi) is 2.87. The van der Waals surface area contributed by atoms with Gasteiger partial charge in [0, 0.05) is 18.6 Å². The molecule has 1 aliphatic carbocycles. The van der Waals surface area contributed by atoms with Gasteiger partial charge in [-0.1, -0.05) is 6.07 Å². The van der Waals surface area contributed by atoms with Gasteiger partial charge in [0.25, 0.3) is 0 Å². The normalized spacial score (nSPS) is 32.5. The van der Waals surface area contributed by atoms with Crippen LogP contribution in [-0.4, -0.2) is 29.7 Å². The van der Waals surface area contributed by atoms with E-state index in [0.717, 1.165) is 12.5 Å². The minimum absolute atomic E-state index is 0.0297. The number of nitro groups is 1. The second-order valence-corrected chi connectivity index (χ2v) is 4.93. The molecule has 4 unspecified atom stereocenters. The standard InChI is InChI=1S/C12H14FN3O3/c13-7-2-1-3-8(11(7)16(17)18)15-10-9(14)6-4-5-19-12(6)10/h1-3,6,9-10,12,15H,4-5,14H2. The van der Waals surface area contributed by atoms with Crippen molar-refractivity contribution in [3.05, 3.63) is 34.1 Å². The van der Waals surface area contributed by atoms with E-state index in [9.17, 15) is 14.5 Å². The first-order chi connectivity index (χ1) is 9.09. The molecule has 19 heavy (non-hydrogen) atoms. The SMILES string of the molecule is NC1C2CCOC2C1Nc1cccc(F)c1[N+](=O)[O-]. The van der Waals surface area contributed by atoms with E-state index in [0.29, 0.717) is 12.5 Å². The molecule has 0 bridgehead atoms. The zero-order chi connectivity index (χ0) is 13.6. The Bertz CT molecular complexity index is 525. The maximum atomic E-state index is 13.5. The number of anilines is 1. The van der Waals surface area contributed by atoms with Gasteiger partial charge in [0.15, 0.2) is 0 Å². The maximum Gasteiger partial charge on any atom is 0.327 e. The summed E-state index contributed by atoms with van der Waals surface area (Å²) in [6, 6.07) is 3.67. The van der Waals surface area contributed by atoms with Crippen LogP contribution in [0, 0.1) is 21.8 Å². The molecule has 102 valence electrons. The number of para-hydroxylation sites is 1. The molecule has 1 aliphatic heterocycles. The van der Waals surface area contributed by atoms with Crippen LogP contribution in [0.25, 0.3) is 0 Å². The monoisotopic (exact) mass is 267 g/mol. The quantitative estimate of drug-likeness (QED) is 0.635. The van der Waals surface area contributed by atoms with Gasteiger partial charge in [0.05, 0.1) is 17.1 Å². The van der Waals surface area contributed by atoms with Crippen molar-refractivity contribution in [1.82, 2.24) is 0 Å². The van der Waals surface area contributed by atoms with Crippen molar-refractivity contribution in [1.29, 1.82) is 0 Å². The minimum atomic E-state index is -0.855. The highest BCUT2D eigenvalue weighted by molar-refractivity contribution is 5.63. The van der Waals surface area contributed by atoms with Gasteiger partial charge in [-0.05, 0) is 18.6 Å². The van der Waals surface area contributed by atoms with Crippen LogP contribution in [0.3, 0.4) is 0 Å². The summed E-state index contributed by atoms with van der Waals surface area (Å²) in [4.78, 5) is 10.2. The average molecular weight is 267 g/mol. The van der Waals surface area contributed by atoms with Crippen LogP contribution in [-0.2, 0) is 4.74 Å². The van der Waals surface area contributed by atoms with E-state index in [2.05, 4.69) is 5.32 Å². The molecule has 0 amide bonds. The minimum Gasteiger partial charge on any atom is -0.376 e. The number of nitrogens with zero attached hydrogens (tertiary/aromatic N) is 1. The lowest BCUT2D eigenvalue weighted by Crippen LogP contribution is -2.65. The smallest absolute Gasteiger partial charge is 0.327 e. The van der Waals surface area contributed by atoms with Crippen molar-refractivity contribution in [3.63, 3.8) is 0 Å². The zero-order valence-corrected chi connectivity index (χ0v) is 10.1. The Morgan fingerprint density at radius 2 is 2.32 bits per heavy atom. The fourth-order valence-corrected chi connectivity index (χ4v) is 2.92. The highest BCUT2D eigenvalue weighted by atomic mass is 19.1. The summed E-state index contributed by atoms with van der Waals surface area (Å²) in [7, 11) is 0. The van der Waals surface area contributed by atoms with E-state index >= 15 is 0 Å². The molecule has 3 rings (SSSR count). The number of hydrogen-bond donors (Lipinski definition) is 2.